The second-order valence-electron chi connectivity index (χ2n) is 6.82. The van der Waals surface area contributed by atoms with Crippen LogP contribution in [0.3, 0.4) is 0 Å². The third kappa shape index (κ3) is 3.42. The normalized spacial score (nSPS) is 25.2. The molecule has 2 amide bonds. The Morgan fingerprint density at radius 3 is 2.67 bits per heavy atom. The molecule has 2 fully saturated rings. The number of allylic oxidation sites excluding steroid dienone is 4. The molecule has 1 heterocycles. The minimum absolute atomic E-state index is 0.00847. The van der Waals surface area contributed by atoms with E-state index in [0.717, 1.165) is 24.9 Å². The monoisotopic (exact) mass is 324 g/mol. The smallest absolute Gasteiger partial charge is 0.249 e. The molecule has 0 radical (unpaired) electrons. The Bertz CT molecular complexity index is 687. The third-order valence-electron chi connectivity index (χ3n) is 4.79. The molecule has 2 atom stereocenters. The highest BCUT2D eigenvalue weighted by Crippen LogP contribution is 2.38. The van der Waals surface area contributed by atoms with Crippen molar-refractivity contribution >= 4 is 17.5 Å². The van der Waals surface area contributed by atoms with Crippen LogP contribution in [0.25, 0.3) is 0 Å². The van der Waals surface area contributed by atoms with Gasteiger partial charge in [0.15, 0.2) is 0 Å². The largest absolute Gasteiger partial charge is 0.273 e. The molecule has 1 saturated carbocycles. The lowest BCUT2D eigenvalue weighted by molar-refractivity contribution is -0.140. The van der Waals surface area contributed by atoms with Gasteiger partial charge in [-0.2, -0.15) is 0 Å². The van der Waals surface area contributed by atoms with Crippen LogP contribution in [0.15, 0.2) is 53.6 Å². The Morgan fingerprint density at radius 1 is 1.21 bits per heavy atom. The maximum Gasteiger partial charge on any atom is 0.249 e. The maximum atomic E-state index is 12.8. The van der Waals surface area contributed by atoms with Crippen LogP contribution in [0.1, 0.15) is 39.5 Å². The van der Waals surface area contributed by atoms with Crippen molar-refractivity contribution in [3.05, 3.63) is 53.6 Å². The van der Waals surface area contributed by atoms with Crippen molar-refractivity contribution in [1.82, 2.24) is 5.43 Å². The highest BCUT2D eigenvalue weighted by atomic mass is 16.2. The molecule has 2 aliphatic rings. The SMILES string of the molecule is CC(C)=CCC=C1CC[C@@H]2C(=O)N(c3ccccc3)NC(=O)[C@@H]2C1. The number of rotatable bonds is 3. The number of hydrogen-bond acceptors (Lipinski definition) is 2. The molecule has 126 valence electrons. The van der Waals surface area contributed by atoms with Gasteiger partial charge in [0.25, 0.3) is 0 Å². The molecule has 24 heavy (non-hydrogen) atoms. The summed E-state index contributed by atoms with van der Waals surface area (Å²) in [4.78, 5) is 25.3. The van der Waals surface area contributed by atoms with E-state index >= 15 is 0 Å². The zero-order valence-corrected chi connectivity index (χ0v) is 14.3. The van der Waals surface area contributed by atoms with E-state index in [-0.39, 0.29) is 23.7 Å². The van der Waals surface area contributed by atoms with Crippen molar-refractivity contribution in [2.75, 3.05) is 5.01 Å². The minimum atomic E-state index is -0.232. The molecule has 1 aliphatic carbocycles. The van der Waals surface area contributed by atoms with Gasteiger partial charge in [-0.15, -0.1) is 0 Å². The Hall–Kier alpha value is -2.36. The third-order valence-corrected chi connectivity index (χ3v) is 4.79. The molecule has 4 heteroatoms. The van der Waals surface area contributed by atoms with Crippen molar-refractivity contribution in [1.29, 1.82) is 0 Å². The fourth-order valence-corrected chi connectivity index (χ4v) is 3.47. The predicted molar refractivity (Wildman–Crippen MR) is 95.0 cm³/mol. The lowest BCUT2D eigenvalue weighted by Crippen LogP contribution is -2.59. The molecular formula is C20H24N2O2. The molecule has 1 aromatic rings. The predicted octanol–water partition coefficient (Wildman–Crippen LogP) is 3.76. The lowest BCUT2D eigenvalue weighted by Gasteiger charge is -2.40. The highest BCUT2D eigenvalue weighted by Gasteiger charge is 2.44. The van der Waals surface area contributed by atoms with Crippen molar-refractivity contribution in [2.45, 2.75) is 39.5 Å². The Labute approximate surface area is 143 Å². The molecule has 4 nitrogen and oxygen atoms in total. The number of fused-ring (bicyclic) bond motifs is 1. The van der Waals surface area contributed by atoms with Crippen molar-refractivity contribution in [3.8, 4) is 0 Å². The van der Waals surface area contributed by atoms with Crippen LogP contribution in [-0.4, -0.2) is 11.8 Å². The standard InChI is InChI=1S/C20H24N2O2/c1-14(2)7-6-8-15-11-12-17-18(13-15)19(23)21-22(20(17)24)16-9-4-3-5-10-16/h3-5,7-10,17-18H,6,11-13H2,1-2H3,(H,21,23)/t17-,18+/m0/s1. The van der Waals surface area contributed by atoms with Crippen LogP contribution in [0.2, 0.25) is 0 Å². The van der Waals surface area contributed by atoms with Gasteiger partial charge in [-0.3, -0.25) is 15.0 Å². The number of para-hydroxylation sites is 1. The zero-order valence-electron chi connectivity index (χ0n) is 14.3. The summed E-state index contributed by atoms with van der Waals surface area (Å²) in [6.07, 6.45) is 7.65. The van der Waals surface area contributed by atoms with E-state index in [0.29, 0.717) is 6.42 Å². The number of hydrogen-bond donors (Lipinski definition) is 1. The van der Waals surface area contributed by atoms with Gasteiger partial charge in [0.05, 0.1) is 17.5 Å². The van der Waals surface area contributed by atoms with Gasteiger partial charge < -0.3 is 0 Å². The summed E-state index contributed by atoms with van der Waals surface area (Å²) in [5.41, 5.74) is 6.10. The molecule has 1 aliphatic heterocycles. The van der Waals surface area contributed by atoms with E-state index in [2.05, 4.69) is 31.4 Å². The number of nitrogens with one attached hydrogen (secondary N) is 1. The molecule has 1 aromatic carbocycles. The van der Waals surface area contributed by atoms with Crippen molar-refractivity contribution in [3.63, 3.8) is 0 Å². The number of benzene rings is 1. The van der Waals surface area contributed by atoms with Crippen LogP contribution in [0.5, 0.6) is 0 Å². The van der Waals surface area contributed by atoms with Gasteiger partial charge in [0.1, 0.15) is 0 Å². The number of carbonyl (C=O) groups excluding carboxylic acids is 2. The topological polar surface area (TPSA) is 49.4 Å². The van der Waals surface area contributed by atoms with E-state index in [9.17, 15) is 9.59 Å². The zero-order chi connectivity index (χ0) is 17.1. The van der Waals surface area contributed by atoms with Gasteiger partial charge in [-0.25, -0.2) is 5.01 Å². The van der Waals surface area contributed by atoms with E-state index in [1.807, 2.05) is 30.3 Å². The van der Waals surface area contributed by atoms with Crippen LogP contribution in [0, 0.1) is 11.8 Å². The number of anilines is 1. The molecule has 0 unspecified atom stereocenters. The molecule has 1 saturated heterocycles. The van der Waals surface area contributed by atoms with Gasteiger partial charge >= 0.3 is 0 Å². The van der Waals surface area contributed by atoms with Crippen molar-refractivity contribution < 1.29 is 9.59 Å². The molecule has 0 spiro atoms. The summed E-state index contributed by atoms with van der Waals surface area (Å²) in [5, 5.41) is 1.42. The minimum Gasteiger partial charge on any atom is -0.273 e. The first kappa shape index (κ1) is 16.5. The fourth-order valence-electron chi connectivity index (χ4n) is 3.47. The number of nitrogens with zero attached hydrogens (tertiary/aromatic N) is 1. The second kappa shape index (κ2) is 7.04. The fraction of sp³-hybridized carbons (Fsp3) is 0.400. The Morgan fingerprint density at radius 2 is 1.96 bits per heavy atom. The van der Waals surface area contributed by atoms with Gasteiger partial charge in [0.2, 0.25) is 11.8 Å². The first-order chi connectivity index (χ1) is 11.6. The van der Waals surface area contributed by atoms with Gasteiger partial charge in [0, 0.05) is 0 Å². The summed E-state index contributed by atoms with van der Waals surface area (Å²) >= 11 is 0. The first-order valence-electron chi connectivity index (χ1n) is 8.57. The summed E-state index contributed by atoms with van der Waals surface area (Å²) < 4.78 is 0. The number of hydrazine groups is 1. The van der Waals surface area contributed by atoms with Crippen LogP contribution in [0.4, 0.5) is 5.69 Å². The quantitative estimate of drug-likeness (QED) is 0.861. The average molecular weight is 324 g/mol. The Kier molecular flexibility index (Phi) is 4.84. The van der Waals surface area contributed by atoms with E-state index in [4.69, 9.17) is 0 Å². The maximum absolute atomic E-state index is 12.8. The van der Waals surface area contributed by atoms with E-state index < -0.39 is 0 Å². The van der Waals surface area contributed by atoms with E-state index in [1.165, 1.54) is 16.2 Å². The van der Waals surface area contributed by atoms with E-state index in [1.54, 1.807) is 0 Å². The Balaban J connectivity index is 1.74. The molecule has 1 N–H and O–H groups in total. The van der Waals surface area contributed by atoms with Gasteiger partial charge in [-0.1, -0.05) is 41.5 Å². The average Bonchev–Trinajstić information content (AvgIpc) is 2.58. The molecule has 3 rings (SSSR count). The summed E-state index contributed by atoms with van der Waals surface area (Å²) in [7, 11) is 0. The lowest BCUT2D eigenvalue weighted by atomic mass is 9.74. The summed E-state index contributed by atoms with van der Waals surface area (Å²) in [6, 6.07) is 9.31. The second-order valence-corrected chi connectivity index (χ2v) is 6.82. The molecule has 0 aromatic heterocycles. The van der Waals surface area contributed by atoms with Crippen LogP contribution < -0.4 is 10.4 Å². The highest BCUT2D eigenvalue weighted by molar-refractivity contribution is 6.04. The molecular weight excluding hydrogens is 300 g/mol. The molecule has 0 bridgehead atoms. The van der Waals surface area contributed by atoms with Crippen molar-refractivity contribution in [2.24, 2.45) is 11.8 Å². The van der Waals surface area contributed by atoms with Crippen LogP contribution in [-0.2, 0) is 9.59 Å². The van der Waals surface area contributed by atoms with Gasteiger partial charge in [-0.05, 0) is 51.7 Å². The summed E-state index contributed by atoms with van der Waals surface area (Å²) in [5.74, 6) is -0.478. The number of carbonyl (C=O) groups is 2. The first-order valence-corrected chi connectivity index (χ1v) is 8.57. The number of amides is 2. The summed E-state index contributed by atoms with van der Waals surface area (Å²) in [6.45, 7) is 4.17. The van der Waals surface area contributed by atoms with Crippen LogP contribution >= 0.6 is 0 Å².